The number of anilines is 1. The van der Waals surface area contributed by atoms with Crippen molar-refractivity contribution in [2.45, 2.75) is 31.8 Å². The molecule has 1 aromatic heterocycles. The van der Waals surface area contributed by atoms with Gasteiger partial charge in [-0.3, -0.25) is 9.78 Å². The normalized spacial score (nSPS) is 13.3. The third kappa shape index (κ3) is 4.66. The summed E-state index contributed by atoms with van der Waals surface area (Å²) in [6.07, 6.45) is 3.88. The zero-order valence-corrected chi connectivity index (χ0v) is 13.4. The molecule has 0 saturated heterocycles. The zero-order valence-electron chi connectivity index (χ0n) is 12.6. The first-order chi connectivity index (χ1) is 10.6. The fraction of sp³-hybridized carbons (Fsp3) is 0.294. The summed E-state index contributed by atoms with van der Waals surface area (Å²) in [4.78, 5) is 18.6. The van der Waals surface area contributed by atoms with E-state index in [-0.39, 0.29) is 30.6 Å². The SMILES string of the molecule is Cl.Nc1ccc(CC(=O)N(Cc2ccc(F)cc2)C2CC2)nc1. The van der Waals surface area contributed by atoms with E-state index < -0.39 is 0 Å². The van der Waals surface area contributed by atoms with E-state index in [0.29, 0.717) is 24.0 Å². The molecule has 0 radical (unpaired) electrons. The fourth-order valence-corrected chi connectivity index (χ4v) is 2.39. The van der Waals surface area contributed by atoms with Crippen LogP contribution in [0, 0.1) is 5.82 Å². The van der Waals surface area contributed by atoms with Crippen LogP contribution in [0.15, 0.2) is 42.6 Å². The van der Waals surface area contributed by atoms with Gasteiger partial charge >= 0.3 is 0 Å². The molecule has 0 aliphatic heterocycles. The highest BCUT2D eigenvalue weighted by molar-refractivity contribution is 5.85. The average Bonchev–Trinajstić information content (AvgIpc) is 3.33. The molecule has 0 bridgehead atoms. The number of carbonyl (C=O) groups excluding carboxylic acids is 1. The minimum Gasteiger partial charge on any atom is -0.397 e. The van der Waals surface area contributed by atoms with Gasteiger partial charge in [-0.05, 0) is 42.7 Å². The van der Waals surface area contributed by atoms with Crippen molar-refractivity contribution in [1.29, 1.82) is 0 Å². The average molecular weight is 336 g/mol. The van der Waals surface area contributed by atoms with Crippen LogP contribution in [0.3, 0.4) is 0 Å². The van der Waals surface area contributed by atoms with E-state index in [0.717, 1.165) is 18.4 Å². The van der Waals surface area contributed by atoms with Crippen molar-refractivity contribution < 1.29 is 9.18 Å². The molecule has 6 heteroatoms. The molecule has 3 rings (SSSR count). The number of hydrogen-bond donors (Lipinski definition) is 1. The Morgan fingerprint density at radius 2 is 1.91 bits per heavy atom. The van der Waals surface area contributed by atoms with Gasteiger partial charge in [-0.25, -0.2) is 4.39 Å². The first-order valence-corrected chi connectivity index (χ1v) is 7.36. The lowest BCUT2D eigenvalue weighted by Gasteiger charge is -2.22. The highest BCUT2D eigenvalue weighted by atomic mass is 35.5. The number of nitrogen functional groups attached to an aromatic ring is 1. The summed E-state index contributed by atoms with van der Waals surface area (Å²) in [5.74, 6) is -0.219. The molecule has 1 saturated carbocycles. The van der Waals surface area contributed by atoms with Crippen molar-refractivity contribution >= 4 is 24.0 Å². The van der Waals surface area contributed by atoms with E-state index >= 15 is 0 Å². The largest absolute Gasteiger partial charge is 0.397 e. The van der Waals surface area contributed by atoms with Crippen LogP contribution in [0.25, 0.3) is 0 Å². The standard InChI is InChI=1S/C17H18FN3O.ClH/c18-13-3-1-12(2-4-13)11-21(16-7-8-16)17(22)9-15-6-5-14(19)10-20-15;/h1-6,10,16H,7-9,11,19H2;1H. The van der Waals surface area contributed by atoms with Crippen molar-refractivity contribution in [1.82, 2.24) is 9.88 Å². The topological polar surface area (TPSA) is 59.2 Å². The molecule has 2 aromatic rings. The summed E-state index contributed by atoms with van der Waals surface area (Å²) in [6, 6.07) is 10.1. The molecule has 122 valence electrons. The van der Waals surface area contributed by atoms with Gasteiger partial charge in [-0.15, -0.1) is 12.4 Å². The summed E-state index contributed by atoms with van der Waals surface area (Å²) >= 11 is 0. The molecule has 0 unspecified atom stereocenters. The number of amides is 1. The van der Waals surface area contributed by atoms with Gasteiger partial charge < -0.3 is 10.6 Å². The van der Waals surface area contributed by atoms with Crippen LogP contribution >= 0.6 is 12.4 Å². The van der Waals surface area contributed by atoms with Crippen LogP contribution in [0.1, 0.15) is 24.1 Å². The summed E-state index contributed by atoms with van der Waals surface area (Å²) in [5.41, 5.74) is 7.84. The first-order valence-electron chi connectivity index (χ1n) is 7.36. The predicted molar refractivity (Wildman–Crippen MR) is 89.6 cm³/mol. The maximum absolute atomic E-state index is 13.0. The fourth-order valence-electron chi connectivity index (χ4n) is 2.39. The molecular weight excluding hydrogens is 317 g/mol. The van der Waals surface area contributed by atoms with Gasteiger partial charge in [0.05, 0.1) is 18.3 Å². The number of nitrogens with two attached hydrogens (primary N) is 1. The van der Waals surface area contributed by atoms with Crippen molar-refractivity contribution in [3.63, 3.8) is 0 Å². The lowest BCUT2D eigenvalue weighted by Crippen LogP contribution is -2.34. The lowest BCUT2D eigenvalue weighted by molar-refractivity contribution is -0.131. The smallest absolute Gasteiger partial charge is 0.229 e. The first kappa shape index (κ1) is 17.2. The molecule has 1 heterocycles. The van der Waals surface area contributed by atoms with Gasteiger partial charge in [-0.1, -0.05) is 12.1 Å². The number of hydrogen-bond acceptors (Lipinski definition) is 3. The van der Waals surface area contributed by atoms with Crippen LogP contribution in [0.4, 0.5) is 10.1 Å². The quantitative estimate of drug-likeness (QED) is 0.913. The zero-order chi connectivity index (χ0) is 15.5. The van der Waals surface area contributed by atoms with Crippen LogP contribution in [-0.2, 0) is 17.8 Å². The van der Waals surface area contributed by atoms with Crippen molar-refractivity contribution in [2.24, 2.45) is 0 Å². The Labute approximate surface area is 140 Å². The van der Waals surface area contributed by atoms with Gasteiger partial charge in [-0.2, -0.15) is 0 Å². The molecule has 0 atom stereocenters. The van der Waals surface area contributed by atoms with E-state index in [1.165, 1.54) is 12.1 Å². The van der Waals surface area contributed by atoms with Gasteiger partial charge in [0.2, 0.25) is 5.91 Å². The van der Waals surface area contributed by atoms with Crippen molar-refractivity contribution in [3.8, 4) is 0 Å². The maximum Gasteiger partial charge on any atom is 0.229 e. The Bertz CT molecular complexity index is 657. The molecule has 1 aliphatic carbocycles. The number of nitrogens with zero attached hydrogens (tertiary/aromatic N) is 2. The van der Waals surface area contributed by atoms with Gasteiger partial charge in [0, 0.05) is 18.3 Å². The Balaban J connectivity index is 0.00000192. The van der Waals surface area contributed by atoms with E-state index in [4.69, 9.17) is 5.73 Å². The number of halogens is 2. The number of carbonyl (C=O) groups is 1. The van der Waals surface area contributed by atoms with Crippen molar-refractivity contribution in [3.05, 3.63) is 59.7 Å². The number of pyridine rings is 1. The number of rotatable bonds is 5. The van der Waals surface area contributed by atoms with Gasteiger partial charge in [0.25, 0.3) is 0 Å². The third-order valence-electron chi connectivity index (χ3n) is 3.75. The van der Waals surface area contributed by atoms with Crippen LogP contribution in [-0.4, -0.2) is 21.8 Å². The Morgan fingerprint density at radius 1 is 1.22 bits per heavy atom. The Morgan fingerprint density at radius 3 is 2.48 bits per heavy atom. The lowest BCUT2D eigenvalue weighted by atomic mass is 10.2. The summed E-state index contributed by atoms with van der Waals surface area (Å²) in [6.45, 7) is 0.513. The molecular formula is C17H19ClFN3O. The molecule has 1 aromatic carbocycles. The maximum atomic E-state index is 13.0. The minimum atomic E-state index is -0.265. The Kier molecular flexibility index (Phi) is 5.55. The summed E-state index contributed by atoms with van der Waals surface area (Å²) < 4.78 is 13.0. The third-order valence-corrected chi connectivity index (χ3v) is 3.75. The Hall–Kier alpha value is -2.14. The molecule has 2 N–H and O–H groups in total. The van der Waals surface area contributed by atoms with E-state index in [2.05, 4.69) is 4.98 Å². The molecule has 23 heavy (non-hydrogen) atoms. The van der Waals surface area contributed by atoms with Gasteiger partial charge in [0.1, 0.15) is 5.82 Å². The number of aromatic nitrogens is 1. The summed E-state index contributed by atoms with van der Waals surface area (Å²) in [7, 11) is 0. The molecule has 4 nitrogen and oxygen atoms in total. The van der Waals surface area contributed by atoms with Crippen LogP contribution in [0.2, 0.25) is 0 Å². The molecule has 0 spiro atoms. The predicted octanol–water partition coefficient (Wildman–Crippen LogP) is 2.96. The second-order valence-electron chi connectivity index (χ2n) is 5.64. The highest BCUT2D eigenvalue weighted by Crippen LogP contribution is 2.29. The van der Waals surface area contributed by atoms with Crippen molar-refractivity contribution in [2.75, 3.05) is 5.73 Å². The highest BCUT2D eigenvalue weighted by Gasteiger charge is 2.32. The van der Waals surface area contributed by atoms with Crippen LogP contribution in [0.5, 0.6) is 0 Å². The molecule has 1 fully saturated rings. The second-order valence-corrected chi connectivity index (χ2v) is 5.64. The summed E-state index contributed by atoms with van der Waals surface area (Å²) in [5, 5.41) is 0. The van der Waals surface area contributed by atoms with Gasteiger partial charge in [0.15, 0.2) is 0 Å². The van der Waals surface area contributed by atoms with E-state index in [1.54, 1.807) is 30.5 Å². The van der Waals surface area contributed by atoms with Crippen LogP contribution < -0.4 is 5.73 Å². The molecule has 1 aliphatic rings. The number of benzene rings is 1. The van der Waals surface area contributed by atoms with E-state index in [9.17, 15) is 9.18 Å². The monoisotopic (exact) mass is 335 g/mol. The molecule has 1 amide bonds. The second kappa shape index (κ2) is 7.42. The minimum absolute atomic E-state index is 0. The van der Waals surface area contributed by atoms with E-state index in [1.807, 2.05) is 4.90 Å².